The zero-order chi connectivity index (χ0) is 28.7. The van der Waals surface area contributed by atoms with Gasteiger partial charge in [0.15, 0.2) is 5.76 Å². The molecule has 0 amide bonds. The van der Waals surface area contributed by atoms with Gasteiger partial charge in [0.2, 0.25) is 0 Å². The van der Waals surface area contributed by atoms with Crippen LogP contribution in [-0.4, -0.2) is 36.4 Å². The number of aromatic nitrogens is 1. The van der Waals surface area contributed by atoms with E-state index in [4.69, 9.17) is 30.3 Å². The zero-order valence-electron chi connectivity index (χ0n) is 23.6. The van der Waals surface area contributed by atoms with Crippen molar-refractivity contribution < 1.29 is 18.7 Å². The Hall–Kier alpha value is -4.10. The number of ether oxygens (including phenoxy) is 3. The number of rotatable bonds is 10. The second-order valence-corrected chi connectivity index (χ2v) is 10.8. The number of nitrogens with zero attached hydrogens (tertiary/aromatic N) is 2. The smallest absolute Gasteiger partial charge is 0.178 e. The van der Waals surface area contributed by atoms with Crippen LogP contribution in [0.15, 0.2) is 102 Å². The minimum Gasteiger partial charge on any atom is -0.488 e. The molecule has 1 aliphatic rings. The zero-order valence-corrected chi connectivity index (χ0v) is 24.3. The second kappa shape index (κ2) is 13.3. The Morgan fingerprint density at radius 2 is 1.40 bits per heavy atom. The molecule has 42 heavy (non-hydrogen) atoms. The maximum Gasteiger partial charge on any atom is 0.178 e. The monoisotopic (exact) mass is 580 g/mol. The molecule has 214 valence electrons. The molecule has 7 heteroatoms. The normalized spacial score (nSPS) is 13.7. The van der Waals surface area contributed by atoms with Crippen molar-refractivity contribution in [3.63, 3.8) is 0 Å². The van der Waals surface area contributed by atoms with Gasteiger partial charge in [-0.1, -0.05) is 95.6 Å². The van der Waals surface area contributed by atoms with E-state index in [0.717, 1.165) is 66.4 Å². The molecule has 6 rings (SSSR count). The molecule has 0 bridgehead atoms. The number of benzene rings is 4. The van der Waals surface area contributed by atoms with Crippen LogP contribution in [0.1, 0.15) is 22.4 Å². The van der Waals surface area contributed by atoms with Gasteiger partial charge in [-0.05, 0) is 41.3 Å². The standard InChI is InChI=1S/C35H33ClN2O4/c1-25-34(29-14-8-13-28(19-29)22-38-15-17-39-18-16-38)35(42-37-25)30-20-31(36)33(41-24-27-11-6-3-7-12-27)21-32(30)40-23-26-9-4-2-5-10-26/h2-14,19-21H,15-18,22-24H2,1H3. The van der Waals surface area contributed by atoms with Gasteiger partial charge in [0, 0.05) is 25.7 Å². The molecule has 4 aromatic carbocycles. The lowest BCUT2D eigenvalue weighted by Crippen LogP contribution is -2.35. The first-order valence-corrected chi connectivity index (χ1v) is 14.5. The molecular formula is C35H33ClN2O4. The van der Waals surface area contributed by atoms with Crippen LogP contribution in [0.3, 0.4) is 0 Å². The Balaban J connectivity index is 1.35. The van der Waals surface area contributed by atoms with E-state index in [0.29, 0.717) is 35.5 Å². The summed E-state index contributed by atoms with van der Waals surface area (Å²) in [5.41, 5.74) is 6.79. The number of morpholine rings is 1. The molecule has 0 spiro atoms. The molecule has 0 radical (unpaired) electrons. The summed E-state index contributed by atoms with van der Waals surface area (Å²) in [5, 5.41) is 4.84. The van der Waals surface area contributed by atoms with E-state index in [-0.39, 0.29) is 0 Å². The van der Waals surface area contributed by atoms with Crippen molar-refractivity contribution in [2.75, 3.05) is 26.3 Å². The van der Waals surface area contributed by atoms with E-state index in [1.165, 1.54) is 5.56 Å². The van der Waals surface area contributed by atoms with Gasteiger partial charge in [-0.25, -0.2) is 0 Å². The molecule has 6 nitrogen and oxygen atoms in total. The highest BCUT2D eigenvalue weighted by Gasteiger charge is 2.23. The van der Waals surface area contributed by atoms with Crippen molar-refractivity contribution in [2.45, 2.75) is 26.7 Å². The minimum absolute atomic E-state index is 0.380. The number of hydrogen-bond acceptors (Lipinski definition) is 6. The van der Waals surface area contributed by atoms with Gasteiger partial charge in [0.25, 0.3) is 0 Å². The van der Waals surface area contributed by atoms with Crippen LogP contribution in [0.25, 0.3) is 22.5 Å². The summed E-state index contributed by atoms with van der Waals surface area (Å²) >= 11 is 6.82. The molecule has 0 unspecified atom stereocenters. The van der Waals surface area contributed by atoms with E-state index in [2.05, 4.69) is 34.3 Å². The van der Waals surface area contributed by atoms with Crippen molar-refractivity contribution in [3.05, 3.63) is 124 Å². The van der Waals surface area contributed by atoms with Crippen molar-refractivity contribution in [1.82, 2.24) is 10.1 Å². The number of aryl methyl sites for hydroxylation is 1. The van der Waals surface area contributed by atoms with Crippen molar-refractivity contribution in [1.29, 1.82) is 0 Å². The molecule has 1 fully saturated rings. The third-order valence-electron chi connectivity index (χ3n) is 7.34. The molecule has 1 aliphatic heterocycles. The molecule has 1 saturated heterocycles. The highest BCUT2D eigenvalue weighted by atomic mass is 35.5. The first kappa shape index (κ1) is 28.0. The summed E-state index contributed by atoms with van der Waals surface area (Å²) in [6, 6.07) is 32.3. The predicted molar refractivity (Wildman–Crippen MR) is 165 cm³/mol. The molecule has 1 aromatic heterocycles. The Morgan fingerprint density at radius 1 is 0.762 bits per heavy atom. The van der Waals surface area contributed by atoms with Crippen LogP contribution in [0.2, 0.25) is 5.02 Å². The third-order valence-corrected chi connectivity index (χ3v) is 7.64. The summed E-state index contributed by atoms with van der Waals surface area (Å²) in [6.07, 6.45) is 0. The Morgan fingerprint density at radius 3 is 2.10 bits per heavy atom. The predicted octanol–water partition coefficient (Wildman–Crippen LogP) is 7.96. The molecule has 2 heterocycles. The van der Waals surface area contributed by atoms with Gasteiger partial charge in [-0.3, -0.25) is 4.90 Å². The fraction of sp³-hybridized carbons (Fsp3) is 0.229. The highest BCUT2D eigenvalue weighted by molar-refractivity contribution is 6.32. The molecule has 0 aliphatic carbocycles. The van der Waals surface area contributed by atoms with Gasteiger partial charge in [-0.15, -0.1) is 0 Å². The summed E-state index contributed by atoms with van der Waals surface area (Å²) in [5.74, 6) is 1.75. The Bertz CT molecular complexity index is 1620. The lowest BCUT2D eigenvalue weighted by Gasteiger charge is -2.26. The molecule has 0 N–H and O–H groups in total. The highest BCUT2D eigenvalue weighted by Crippen LogP contribution is 2.44. The van der Waals surface area contributed by atoms with Gasteiger partial charge < -0.3 is 18.7 Å². The van der Waals surface area contributed by atoms with Gasteiger partial charge in [0.1, 0.15) is 24.7 Å². The maximum absolute atomic E-state index is 6.82. The molecule has 0 saturated carbocycles. The van der Waals surface area contributed by atoms with E-state index in [1.54, 1.807) is 0 Å². The van der Waals surface area contributed by atoms with Crippen LogP contribution >= 0.6 is 11.6 Å². The molecule has 5 aromatic rings. The van der Waals surface area contributed by atoms with Crippen LogP contribution in [0.5, 0.6) is 11.5 Å². The van der Waals surface area contributed by atoms with Crippen molar-refractivity contribution in [3.8, 4) is 33.9 Å². The topological polar surface area (TPSA) is 57.0 Å². The number of halogens is 1. The minimum atomic E-state index is 0.380. The Kier molecular flexibility index (Phi) is 8.85. The van der Waals surface area contributed by atoms with Crippen molar-refractivity contribution in [2.24, 2.45) is 0 Å². The summed E-state index contributed by atoms with van der Waals surface area (Å²) in [7, 11) is 0. The van der Waals surface area contributed by atoms with Crippen LogP contribution < -0.4 is 9.47 Å². The Labute approximate surface area is 251 Å². The summed E-state index contributed by atoms with van der Waals surface area (Å²) in [4.78, 5) is 2.41. The molecule has 0 atom stereocenters. The van der Waals surface area contributed by atoms with Crippen molar-refractivity contribution >= 4 is 11.6 Å². The lowest BCUT2D eigenvalue weighted by molar-refractivity contribution is 0.0342. The average Bonchev–Trinajstić information content (AvgIpc) is 3.42. The summed E-state index contributed by atoms with van der Waals surface area (Å²) < 4.78 is 24.1. The molecular weight excluding hydrogens is 548 g/mol. The average molecular weight is 581 g/mol. The van der Waals surface area contributed by atoms with Crippen LogP contribution in [0.4, 0.5) is 0 Å². The third kappa shape index (κ3) is 6.68. The van der Waals surface area contributed by atoms with Gasteiger partial charge in [-0.2, -0.15) is 0 Å². The van der Waals surface area contributed by atoms with Gasteiger partial charge >= 0.3 is 0 Å². The second-order valence-electron chi connectivity index (χ2n) is 10.4. The fourth-order valence-corrected chi connectivity index (χ4v) is 5.37. The SMILES string of the molecule is Cc1noc(-c2cc(Cl)c(OCc3ccccc3)cc2OCc2ccccc2)c1-c1cccc(CN2CCOCC2)c1. The first-order valence-electron chi connectivity index (χ1n) is 14.2. The van der Waals surface area contributed by atoms with Gasteiger partial charge in [0.05, 0.1) is 35.1 Å². The van der Waals surface area contributed by atoms with Crippen LogP contribution in [-0.2, 0) is 24.5 Å². The lowest BCUT2D eigenvalue weighted by atomic mass is 9.97. The fourth-order valence-electron chi connectivity index (χ4n) is 5.15. The largest absolute Gasteiger partial charge is 0.488 e. The van der Waals surface area contributed by atoms with Crippen LogP contribution in [0, 0.1) is 6.92 Å². The quantitative estimate of drug-likeness (QED) is 0.167. The first-order chi connectivity index (χ1) is 20.6. The number of hydrogen-bond donors (Lipinski definition) is 0. The maximum atomic E-state index is 6.82. The van der Waals surface area contributed by atoms with E-state index in [9.17, 15) is 0 Å². The van der Waals surface area contributed by atoms with E-state index >= 15 is 0 Å². The summed E-state index contributed by atoms with van der Waals surface area (Å²) in [6.45, 7) is 6.99. The van der Waals surface area contributed by atoms with E-state index in [1.807, 2.05) is 79.7 Å². The van der Waals surface area contributed by atoms with E-state index < -0.39 is 0 Å².